The minimum atomic E-state index is -0.217. The summed E-state index contributed by atoms with van der Waals surface area (Å²) >= 11 is 0. The van der Waals surface area contributed by atoms with Gasteiger partial charge < -0.3 is 4.74 Å². The molecule has 0 fully saturated rings. The Morgan fingerprint density at radius 3 is 2.64 bits per heavy atom. The fourth-order valence-electron chi connectivity index (χ4n) is 2.18. The van der Waals surface area contributed by atoms with Gasteiger partial charge in [0.25, 0.3) is 0 Å². The molecule has 0 aliphatic rings. The van der Waals surface area contributed by atoms with E-state index in [1.165, 1.54) is 18.4 Å². The number of carbonyl (C=O) groups is 1. The van der Waals surface area contributed by atoms with E-state index in [1.807, 2.05) is 12.1 Å². The Balaban J connectivity index is 2.92. The molecule has 0 radical (unpaired) electrons. The molecular weight excluding hydrogens is 272 g/mol. The Kier molecular flexibility index (Phi) is 8.36. The third kappa shape index (κ3) is 6.80. The molecule has 0 bridgehead atoms. The van der Waals surface area contributed by atoms with Crippen LogP contribution in [-0.4, -0.2) is 5.97 Å². The maximum atomic E-state index is 11.5. The van der Waals surface area contributed by atoms with E-state index in [4.69, 9.17) is 4.74 Å². The van der Waals surface area contributed by atoms with Crippen LogP contribution in [0.1, 0.15) is 70.9 Å². The van der Waals surface area contributed by atoms with Gasteiger partial charge in [0.05, 0.1) is 5.56 Å². The maximum Gasteiger partial charge on any atom is 0.310 e. The van der Waals surface area contributed by atoms with Crippen molar-refractivity contribution < 1.29 is 9.53 Å². The van der Waals surface area contributed by atoms with Gasteiger partial charge in [-0.05, 0) is 36.5 Å². The third-order valence-corrected chi connectivity index (χ3v) is 3.33. The Morgan fingerprint density at radius 1 is 1.23 bits per heavy atom. The molecule has 0 saturated heterocycles. The molecule has 0 N–H and O–H groups in total. The fraction of sp³-hybridized carbons (Fsp3) is 0.550. The van der Waals surface area contributed by atoms with E-state index in [2.05, 4.69) is 38.7 Å². The number of unbranched alkanes of at least 4 members (excludes halogenated alkanes) is 3. The van der Waals surface area contributed by atoms with E-state index in [-0.39, 0.29) is 5.97 Å². The maximum absolute atomic E-state index is 11.5. The van der Waals surface area contributed by atoms with Crippen LogP contribution in [0.3, 0.4) is 0 Å². The molecule has 1 aromatic rings. The molecule has 2 nitrogen and oxygen atoms in total. The number of hydrogen-bond donors (Lipinski definition) is 0. The van der Waals surface area contributed by atoms with Gasteiger partial charge in [0.2, 0.25) is 0 Å². The minimum absolute atomic E-state index is 0.217. The Hall–Kier alpha value is -1.75. The number of rotatable bonds is 7. The standard InChI is InChI=1S/C20H28O2/c1-5-7-8-9-10-11-18-15-17(14-16(3)4)12-13-19(18)22-20(21)6-2/h12-13,15-16H,5-9,14H2,1-4H3. The Bertz CT molecular complexity index is 532. The van der Waals surface area contributed by atoms with Gasteiger partial charge in [0, 0.05) is 12.8 Å². The predicted molar refractivity (Wildman–Crippen MR) is 91.9 cm³/mol. The lowest BCUT2D eigenvalue weighted by molar-refractivity contribution is -0.134. The van der Waals surface area contributed by atoms with Gasteiger partial charge >= 0.3 is 5.97 Å². The van der Waals surface area contributed by atoms with E-state index in [1.54, 1.807) is 6.92 Å². The number of esters is 1. The molecule has 0 aliphatic heterocycles. The van der Waals surface area contributed by atoms with Gasteiger partial charge in [0.1, 0.15) is 5.75 Å². The monoisotopic (exact) mass is 300 g/mol. The SMILES string of the molecule is CCCCCC#Cc1cc(CC(C)C)ccc1OC(=O)CC. The molecular formula is C20H28O2. The zero-order valence-corrected chi connectivity index (χ0v) is 14.4. The van der Waals surface area contributed by atoms with Crippen LogP contribution in [0.15, 0.2) is 18.2 Å². The first kappa shape index (κ1) is 18.3. The van der Waals surface area contributed by atoms with Crippen LogP contribution < -0.4 is 4.74 Å². The summed E-state index contributed by atoms with van der Waals surface area (Å²) in [5.41, 5.74) is 2.07. The lowest BCUT2D eigenvalue weighted by atomic mass is 10.0. The zero-order valence-electron chi connectivity index (χ0n) is 14.4. The molecule has 0 saturated carbocycles. The van der Waals surface area contributed by atoms with Gasteiger partial charge in [-0.2, -0.15) is 0 Å². The molecule has 1 aromatic carbocycles. The molecule has 0 aliphatic carbocycles. The highest BCUT2D eigenvalue weighted by Gasteiger charge is 2.08. The second-order valence-electron chi connectivity index (χ2n) is 6.01. The van der Waals surface area contributed by atoms with Crippen LogP contribution in [0.2, 0.25) is 0 Å². The van der Waals surface area contributed by atoms with Crippen LogP contribution in [0.25, 0.3) is 0 Å². The van der Waals surface area contributed by atoms with Crippen molar-refractivity contribution in [1.82, 2.24) is 0 Å². The van der Waals surface area contributed by atoms with Crippen molar-refractivity contribution in [2.45, 2.75) is 66.2 Å². The summed E-state index contributed by atoms with van der Waals surface area (Å²) < 4.78 is 5.39. The second-order valence-corrected chi connectivity index (χ2v) is 6.01. The molecule has 22 heavy (non-hydrogen) atoms. The number of carbonyl (C=O) groups excluding carboxylic acids is 1. The molecule has 1 rings (SSSR count). The van der Waals surface area contributed by atoms with Crippen molar-refractivity contribution in [3.8, 4) is 17.6 Å². The lowest BCUT2D eigenvalue weighted by Gasteiger charge is -2.09. The van der Waals surface area contributed by atoms with Crippen molar-refractivity contribution in [3.05, 3.63) is 29.3 Å². The van der Waals surface area contributed by atoms with E-state index >= 15 is 0 Å². The number of hydrogen-bond acceptors (Lipinski definition) is 2. The molecule has 0 unspecified atom stereocenters. The van der Waals surface area contributed by atoms with Crippen molar-refractivity contribution in [1.29, 1.82) is 0 Å². The normalized spacial score (nSPS) is 10.2. The van der Waals surface area contributed by atoms with E-state index < -0.39 is 0 Å². The van der Waals surface area contributed by atoms with Gasteiger partial charge in [0.15, 0.2) is 0 Å². The summed E-state index contributed by atoms with van der Waals surface area (Å²) in [6.07, 6.45) is 5.80. The Labute approximate surface area is 135 Å². The van der Waals surface area contributed by atoms with Crippen LogP contribution >= 0.6 is 0 Å². The van der Waals surface area contributed by atoms with Crippen molar-refractivity contribution in [2.24, 2.45) is 5.92 Å². The van der Waals surface area contributed by atoms with E-state index in [9.17, 15) is 4.79 Å². The quantitative estimate of drug-likeness (QED) is 0.302. The topological polar surface area (TPSA) is 26.3 Å². The van der Waals surface area contributed by atoms with Crippen molar-refractivity contribution >= 4 is 5.97 Å². The van der Waals surface area contributed by atoms with E-state index in [0.29, 0.717) is 18.1 Å². The van der Waals surface area contributed by atoms with Crippen LogP contribution in [-0.2, 0) is 11.2 Å². The van der Waals surface area contributed by atoms with Gasteiger partial charge in [-0.15, -0.1) is 0 Å². The van der Waals surface area contributed by atoms with Gasteiger partial charge in [-0.1, -0.05) is 58.4 Å². The first-order valence-corrected chi connectivity index (χ1v) is 8.39. The van der Waals surface area contributed by atoms with Crippen molar-refractivity contribution in [3.63, 3.8) is 0 Å². The smallest absolute Gasteiger partial charge is 0.310 e. The molecule has 0 atom stereocenters. The van der Waals surface area contributed by atoms with Gasteiger partial charge in [-0.25, -0.2) is 0 Å². The summed E-state index contributed by atoms with van der Waals surface area (Å²) in [4.78, 5) is 11.5. The summed E-state index contributed by atoms with van der Waals surface area (Å²) in [5, 5.41) is 0. The average Bonchev–Trinajstić information content (AvgIpc) is 2.48. The largest absolute Gasteiger partial charge is 0.425 e. The fourth-order valence-corrected chi connectivity index (χ4v) is 2.18. The summed E-state index contributed by atoms with van der Waals surface area (Å²) in [6.45, 7) is 8.37. The molecule has 0 spiro atoms. The Morgan fingerprint density at radius 2 is 2.00 bits per heavy atom. The summed E-state index contributed by atoms with van der Waals surface area (Å²) in [6, 6.07) is 5.97. The molecule has 0 aromatic heterocycles. The third-order valence-electron chi connectivity index (χ3n) is 3.33. The molecule has 0 heterocycles. The zero-order chi connectivity index (χ0) is 16.4. The van der Waals surface area contributed by atoms with E-state index in [0.717, 1.165) is 24.8 Å². The lowest BCUT2D eigenvalue weighted by Crippen LogP contribution is -2.07. The highest BCUT2D eigenvalue weighted by atomic mass is 16.5. The number of benzene rings is 1. The summed E-state index contributed by atoms with van der Waals surface area (Å²) in [7, 11) is 0. The summed E-state index contributed by atoms with van der Waals surface area (Å²) in [5.74, 6) is 7.36. The molecule has 0 amide bonds. The second kappa shape index (κ2) is 10.1. The first-order valence-electron chi connectivity index (χ1n) is 8.39. The highest BCUT2D eigenvalue weighted by molar-refractivity contribution is 5.73. The molecule has 120 valence electrons. The number of ether oxygens (including phenoxy) is 1. The highest BCUT2D eigenvalue weighted by Crippen LogP contribution is 2.21. The predicted octanol–water partition coefficient (Wildman–Crippen LogP) is 5.13. The molecule has 2 heteroatoms. The van der Waals surface area contributed by atoms with Gasteiger partial charge in [-0.3, -0.25) is 4.79 Å². The minimum Gasteiger partial charge on any atom is -0.425 e. The van der Waals surface area contributed by atoms with Crippen LogP contribution in [0, 0.1) is 17.8 Å². The van der Waals surface area contributed by atoms with Crippen molar-refractivity contribution in [2.75, 3.05) is 0 Å². The van der Waals surface area contributed by atoms with Crippen LogP contribution in [0.5, 0.6) is 5.75 Å². The van der Waals surface area contributed by atoms with Crippen LogP contribution in [0.4, 0.5) is 0 Å². The first-order chi connectivity index (χ1) is 10.6. The average molecular weight is 300 g/mol.